The highest BCUT2D eigenvalue weighted by atomic mass is 32.1. The molecule has 4 N–H and O–H groups in total. The van der Waals surface area contributed by atoms with Gasteiger partial charge < -0.3 is 16.4 Å². The van der Waals surface area contributed by atoms with Crippen LogP contribution in [0.5, 0.6) is 0 Å². The van der Waals surface area contributed by atoms with E-state index in [1.165, 1.54) is 11.3 Å². The lowest BCUT2D eigenvalue weighted by Gasteiger charge is -2.30. The van der Waals surface area contributed by atoms with Gasteiger partial charge in [-0.2, -0.15) is 0 Å². The number of primary amides is 1. The number of anilines is 1. The van der Waals surface area contributed by atoms with Gasteiger partial charge in [0.2, 0.25) is 0 Å². The molecule has 1 aliphatic heterocycles. The van der Waals surface area contributed by atoms with Crippen molar-refractivity contribution in [2.75, 3.05) is 18.0 Å². The Morgan fingerprint density at radius 3 is 3.07 bits per heavy atom. The molecule has 1 atom stereocenters. The van der Waals surface area contributed by atoms with Gasteiger partial charge in [-0.15, -0.1) is 11.3 Å². The Morgan fingerprint density at radius 1 is 1.67 bits per heavy atom. The van der Waals surface area contributed by atoms with Crippen LogP contribution in [0.2, 0.25) is 0 Å². The highest BCUT2D eigenvalue weighted by molar-refractivity contribution is 7.12. The number of piperidine rings is 1. The van der Waals surface area contributed by atoms with Crippen molar-refractivity contribution in [3.8, 4) is 0 Å². The van der Waals surface area contributed by atoms with E-state index in [1.54, 1.807) is 0 Å². The Kier molecular flexibility index (Phi) is 2.88. The molecule has 1 aromatic heterocycles. The van der Waals surface area contributed by atoms with Crippen molar-refractivity contribution in [1.29, 1.82) is 0 Å². The largest absolute Gasteiger partial charge is 0.364 e. The van der Waals surface area contributed by atoms with E-state index in [2.05, 4.69) is 9.88 Å². The lowest BCUT2D eigenvalue weighted by atomic mass is 10.1. The standard InChI is InChI=1S/C9H14N4OS/c10-6-2-1-3-13(4-6)7-5-15-9(12-7)8(11)14/h5-6H,1-4,10H2,(H2,11,14). The van der Waals surface area contributed by atoms with Crippen molar-refractivity contribution >= 4 is 23.1 Å². The molecule has 5 nitrogen and oxygen atoms in total. The third-order valence-corrected chi connectivity index (χ3v) is 3.33. The zero-order valence-corrected chi connectivity index (χ0v) is 9.17. The number of hydrogen-bond donors (Lipinski definition) is 2. The number of amides is 1. The van der Waals surface area contributed by atoms with Gasteiger partial charge >= 0.3 is 0 Å². The minimum absolute atomic E-state index is 0.206. The SMILES string of the molecule is NC(=O)c1nc(N2CCCC(N)C2)cs1. The first-order valence-electron chi connectivity index (χ1n) is 4.92. The topological polar surface area (TPSA) is 85.2 Å². The Labute approximate surface area is 92.1 Å². The van der Waals surface area contributed by atoms with Gasteiger partial charge in [-0.25, -0.2) is 4.98 Å². The molecule has 1 saturated heterocycles. The lowest BCUT2D eigenvalue weighted by molar-refractivity contribution is 0.1000. The number of nitrogens with two attached hydrogens (primary N) is 2. The van der Waals surface area contributed by atoms with Crippen LogP contribution in [-0.2, 0) is 0 Å². The van der Waals surface area contributed by atoms with Gasteiger partial charge in [0, 0.05) is 24.5 Å². The van der Waals surface area contributed by atoms with Gasteiger partial charge in [0.25, 0.3) is 5.91 Å². The highest BCUT2D eigenvalue weighted by Crippen LogP contribution is 2.21. The second-order valence-electron chi connectivity index (χ2n) is 3.72. The van der Waals surface area contributed by atoms with Crippen molar-refractivity contribution in [1.82, 2.24) is 4.98 Å². The Balaban J connectivity index is 2.11. The summed E-state index contributed by atoms with van der Waals surface area (Å²) in [5, 5.41) is 2.22. The van der Waals surface area contributed by atoms with Crippen LogP contribution in [0.15, 0.2) is 5.38 Å². The fraction of sp³-hybridized carbons (Fsp3) is 0.556. The normalized spacial score (nSPS) is 21.7. The Hall–Kier alpha value is -1.14. The second kappa shape index (κ2) is 4.16. The van der Waals surface area contributed by atoms with Gasteiger partial charge in [-0.05, 0) is 12.8 Å². The van der Waals surface area contributed by atoms with E-state index in [1.807, 2.05) is 5.38 Å². The first kappa shape index (κ1) is 10.4. The summed E-state index contributed by atoms with van der Waals surface area (Å²) in [4.78, 5) is 17.2. The maximum absolute atomic E-state index is 10.9. The van der Waals surface area contributed by atoms with Gasteiger partial charge in [-0.1, -0.05) is 0 Å². The van der Waals surface area contributed by atoms with Gasteiger partial charge in [0.05, 0.1) is 0 Å². The van der Waals surface area contributed by atoms with Crippen LogP contribution in [0.25, 0.3) is 0 Å². The third kappa shape index (κ3) is 2.27. The maximum atomic E-state index is 10.9. The molecule has 0 aliphatic carbocycles. The van der Waals surface area contributed by atoms with Crippen LogP contribution in [0, 0.1) is 0 Å². The summed E-state index contributed by atoms with van der Waals surface area (Å²) in [6, 6.07) is 0.206. The van der Waals surface area contributed by atoms with Gasteiger partial charge in [-0.3, -0.25) is 4.79 Å². The van der Waals surface area contributed by atoms with E-state index in [4.69, 9.17) is 11.5 Å². The Bertz CT molecular complexity index is 365. The number of carbonyl (C=O) groups is 1. The zero-order valence-electron chi connectivity index (χ0n) is 8.35. The van der Waals surface area contributed by atoms with Crippen molar-refractivity contribution < 1.29 is 4.79 Å². The van der Waals surface area contributed by atoms with Crippen molar-refractivity contribution in [2.24, 2.45) is 11.5 Å². The fourth-order valence-electron chi connectivity index (χ4n) is 1.74. The van der Waals surface area contributed by atoms with Crippen LogP contribution in [0.3, 0.4) is 0 Å². The quantitative estimate of drug-likeness (QED) is 0.752. The van der Waals surface area contributed by atoms with Crippen molar-refractivity contribution in [2.45, 2.75) is 18.9 Å². The average Bonchev–Trinajstić information content (AvgIpc) is 2.66. The van der Waals surface area contributed by atoms with E-state index in [9.17, 15) is 4.79 Å². The van der Waals surface area contributed by atoms with E-state index in [0.717, 1.165) is 31.7 Å². The summed E-state index contributed by atoms with van der Waals surface area (Å²) in [5.74, 6) is 0.358. The van der Waals surface area contributed by atoms with Crippen molar-refractivity contribution in [3.63, 3.8) is 0 Å². The van der Waals surface area contributed by atoms with E-state index in [-0.39, 0.29) is 6.04 Å². The maximum Gasteiger partial charge on any atom is 0.277 e. The molecule has 2 heterocycles. The molecule has 1 aromatic rings. The molecule has 0 bridgehead atoms. The van der Waals surface area contributed by atoms with Crippen LogP contribution < -0.4 is 16.4 Å². The molecule has 0 aromatic carbocycles. The summed E-state index contributed by atoms with van der Waals surface area (Å²) in [5.41, 5.74) is 11.0. The number of thiazole rings is 1. The van der Waals surface area contributed by atoms with Crippen LogP contribution in [0.1, 0.15) is 22.6 Å². The van der Waals surface area contributed by atoms with Crippen LogP contribution in [-0.4, -0.2) is 30.0 Å². The highest BCUT2D eigenvalue weighted by Gasteiger charge is 2.19. The van der Waals surface area contributed by atoms with E-state index in [0.29, 0.717) is 5.01 Å². The molecule has 1 fully saturated rings. The smallest absolute Gasteiger partial charge is 0.277 e. The number of nitrogens with zero attached hydrogens (tertiary/aromatic N) is 2. The molecular formula is C9H14N4OS. The molecule has 1 aliphatic rings. The summed E-state index contributed by atoms with van der Waals surface area (Å²) < 4.78 is 0. The summed E-state index contributed by atoms with van der Waals surface area (Å²) >= 11 is 1.28. The number of hydrogen-bond acceptors (Lipinski definition) is 5. The third-order valence-electron chi connectivity index (χ3n) is 2.48. The second-order valence-corrected chi connectivity index (χ2v) is 4.58. The molecule has 15 heavy (non-hydrogen) atoms. The first-order valence-corrected chi connectivity index (χ1v) is 5.80. The summed E-state index contributed by atoms with van der Waals surface area (Å²) in [7, 11) is 0. The van der Waals surface area contributed by atoms with E-state index < -0.39 is 5.91 Å². The van der Waals surface area contributed by atoms with Crippen LogP contribution >= 0.6 is 11.3 Å². The van der Waals surface area contributed by atoms with Crippen molar-refractivity contribution in [3.05, 3.63) is 10.4 Å². The fourth-order valence-corrected chi connectivity index (χ4v) is 2.42. The molecule has 6 heteroatoms. The van der Waals surface area contributed by atoms with E-state index >= 15 is 0 Å². The first-order chi connectivity index (χ1) is 7.16. The monoisotopic (exact) mass is 226 g/mol. The molecule has 0 spiro atoms. The summed E-state index contributed by atoms with van der Waals surface area (Å²) in [6.45, 7) is 1.76. The number of aromatic nitrogens is 1. The molecule has 0 saturated carbocycles. The lowest BCUT2D eigenvalue weighted by Crippen LogP contribution is -2.43. The van der Waals surface area contributed by atoms with Gasteiger partial charge in [0.15, 0.2) is 5.01 Å². The van der Waals surface area contributed by atoms with Gasteiger partial charge in [0.1, 0.15) is 5.82 Å². The Morgan fingerprint density at radius 2 is 2.47 bits per heavy atom. The molecule has 2 rings (SSSR count). The average molecular weight is 226 g/mol. The molecule has 1 amide bonds. The molecule has 1 unspecified atom stereocenters. The predicted octanol–water partition coefficient (Wildman–Crippen LogP) is 0.169. The summed E-state index contributed by atoms with van der Waals surface area (Å²) in [6.07, 6.45) is 2.13. The van der Waals surface area contributed by atoms with Crippen LogP contribution in [0.4, 0.5) is 5.82 Å². The minimum atomic E-state index is -0.465. The molecule has 0 radical (unpaired) electrons. The number of carbonyl (C=O) groups excluding carboxylic acids is 1. The molecular weight excluding hydrogens is 212 g/mol. The number of rotatable bonds is 2. The zero-order chi connectivity index (χ0) is 10.8. The minimum Gasteiger partial charge on any atom is -0.364 e. The predicted molar refractivity (Wildman–Crippen MR) is 60.1 cm³/mol. The molecule has 82 valence electrons.